The van der Waals surface area contributed by atoms with Gasteiger partial charge < -0.3 is 4.74 Å². The number of ether oxygens (including phenoxy) is 1. The summed E-state index contributed by atoms with van der Waals surface area (Å²) in [5, 5.41) is 4.56. The average molecular weight is 292 g/mol. The third-order valence-electron chi connectivity index (χ3n) is 3.64. The Morgan fingerprint density at radius 2 is 2.09 bits per heavy atom. The van der Waals surface area contributed by atoms with E-state index in [4.69, 9.17) is 4.74 Å². The van der Waals surface area contributed by atoms with E-state index in [2.05, 4.69) is 15.1 Å². The highest BCUT2D eigenvalue weighted by Crippen LogP contribution is 2.24. The maximum Gasteiger partial charge on any atom is 0.280 e. The zero-order valence-electron chi connectivity index (χ0n) is 11.8. The Balaban J connectivity index is 2.05. The Labute approximate surface area is 125 Å². The maximum atomic E-state index is 12.5. The maximum absolute atomic E-state index is 12.5. The summed E-state index contributed by atoms with van der Waals surface area (Å²) >= 11 is 0. The van der Waals surface area contributed by atoms with Crippen molar-refractivity contribution in [3.63, 3.8) is 0 Å². The van der Waals surface area contributed by atoms with Gasteiger partial charge in [0.2, 0.25) is 0 Å². The van der Waals surface area contributed by atoms with Crippen LogP contribution in [0.4, 0.5) is 0 Å². The van der Waals surface area contributed by atoms with E-state index in [9.17, 15) is 4.79 Å². The SMILES string of the molecule is COc1ccc2c(c1)ncc1c(=O)n(-c3cccnc3)[nH]c12. The molecule has 0 atom stereocenters. The molecule has 6 nitrogen and oxygen atoms in total. The highest BCUT2D eigenvalue weighted by atomic mass is 16.5. The Morgan fingerprint density at radius 3 is 2.86 bits per heavy atom. The summed E-state index contributed by atoms with van der Waals surface area (Å²) in [6, 6.07) is 9.20. The Bertz CT molecular complexity index is 1030. The van der Waals surface area contributed by atoms with Crippen LogP contribution in [0.2, 0.25) is 0 Å². The number of hydrogen-bond acceptors (Lipinski definition) is 4. The molecule has 0 fully saturated rings. The van der Waals surface area contributed by atoms with Gasteiger partial charge in [-0.15, -0.1) is 0 Å². The van der Waals surface area contributed by atoms with Gasteiger partial charge in [-0.1, -0.05) is 0 Å². The van der Waals surface area contributed by atoms with Crippen LogP contribution < -0.4 is 10.3 Å². The van der Waals surface area contributed by atoms with Crippen molar-refractivity contribution in [2.24, 2.45) is 0 Å². The highest BCUT2D eigenvalue weighted by molar-refractivity contribution is 6.03. The molecule has 1 N–H and O–H groups in total. The summed E-state index contributed by atoms with van der Waals surface area (Å²) in [4.78, 5) is 20.9. The van der Waals surface area contributed by atoms with E-state index in [0.717, 1.165) is 22.2 Å². The molecule has 108 valence electrons. The van der Waals surface area contributed by atoms with Crippen molar-refractivity contribution in [3.05, 3.63) is 59.3 Å². The summed E-state index contributed by atoms with van der Waals surface area (Å²) in [6.07, 6.45) is 4.89. The first-order valence-electron chi connectivity index (χ1n) is 6.76. The lowest BCUT2D eigenvalue weighted by atomic mass is 10.1. The van der Waals surface area contributed by atoms with Crippen LogP contribution >= 0.6 is 0 Å². The zero-order chi connectivity index (χ0) is 15.1. The molecule has 4 rings (SSSR count). The minimum absolute atomic E-state index is 0.145. The van der Waals surface area contributed by atoms with E-state index >= 15 is 0 Å². The predicted octanol–water partition coefficient (Wildman–Crippen LogP) is 2.27. The molecule has 3 heterocycles. The van der Waals surface area contributed by atoms with E-state index in [0.29, 0.717) is 11.1 Å². The molecule has 0 spiro atoms. The lowest BCUT2D eigenvalue weighted by molar-refractivity contribution is 0.415. The molecule has 0 saturated heterocycles. The van der Waals surface area contributed by atoms with Gasteiger partial charge in [-0.25, -0.2) is 4.68 Å². The Kier molecular flexibility index (Phi) is 2.69. The minimum atomic E-state index is -0.145. The summed E-state index contributed by atoms with van der Waals surface area (Å²) in [6.45, 7) is 0. The molecule has 0 aliphatic heterocycles. The van der Waals surface area contributed by atoms with E-state index in [1.54, 1.807) is 31.8 Å². The van der Waals surface area contributed by atoms with E-state index in [-0.39, 0.29) is 5.56 Å². The second kappa shape index (κ2) is 4.70. The van der Waals surface area contributed by atoms with Crippen LogP contribution in [0.3, 0.4) is 0 Å². The van der Waals surface area contributed by atoms with Crippen molar-refractivity contribution < 1.29 is 4.74 Å². The van der Waals surface area contributed by atoms with Crippen molar-refractivity contribution in [3.8, 4) is 11.4 Å². The fraction of sp³-hybridized carbons (Fsp3) is 0.0625. The number of nitrogens with zero attached hydrogens (tertiary/aromatic N) is 3. The number of aromatic nitrogens is 4. The quantitative estimate of drug-likeness (QED) is 0.615. The lowest BCUT2D eigenvalue weighted by Crippen LogP contribution is -2.14. The predicted molar refractivity (Wildman–Crippen MR) is 83.5 cm³/mol. The first-order chi connectivity index (χ1) is 10.8. The monoisotopic (exact) mass is 292 g/mol. The standard InChI is InChI=1S/C16H12N4O2/c1-22-11-4-5-12-14(7-11)18-9-13-15(12)19-20(16(13)21)10-3-2-6-17-8-10/h2-9,19H,1H3. The van der Waals surface area contributed by atoms with Gasteiger partial charge >= 0.3 is 0 Å². The minimum Gasteiger partial charge on any atom is -0.497 e. The van der Waals surface area contributed by atoms with Crippen LogP contribution in [-0.4, -0.2) is 26.9 Å². The second-order valence-corrected chi connectivity index (χ2v) is 4.89. The summed E-state index contributed by atoms with van der Waals surface area (Å²) in [7, 11) is 1.61. The Morgan fingerprint density at radius 1 is 1.18 bits per heavy atom. The molecule has 0 aliphatic carbocycles. The van der Waals surface area contributed by atoms with Crippen molar-refractivity contribution in [2.75, 3.05) is 7.11 Å². The van der Waals surface area contributed by atoms with E-state index in [1.807, 2.05) is 24.3 Å². The molecule has 0 radical (unpaired) electrons. The molecular weight excluding hydrogens is 280 g/mol. The molecule has 1 aromatic carbocycles. The Hall–Kier alpha value is -3.15. The molecule has 0 unspecified atom stereocenters. The number of fused-ring (bicyclic) bond motifs is 3. The van der Waals surface area contributed by atoms with Gasteiger partial charge in [0, 0.05) is 23.8 Å². The van der Waals surface area contributed by atoms with Gasteiger partial charge in [0.05, 0.1) is 35.4 Å². The average Bonchev–Trinajstić information content (AvgIpc) is 2.92. The third-order valence-corrected chi connectivity index (χ3v) is 3.64. The first-order valence-corrected chi connectivity index (χ1v) is 6.76. The van der Waals surface area contributed by atoms with Crippen LogP contribution in [0.1, 0.15) is 0 Å². The number of nitrogens with one attached hydrogen (secondary N) is 1. The van der Waals surface area contributed by atoms with E-state index in [1.165, 1.54) is 4.68 Å². The number of methoxy groups -OCH3 is 1. The normalized spacial score (nSPS) is 11.1. The third kappa shape index (κ3) is 1.77. The van der Waals surface area contributed by atoms with Gasteiger partial charge in [-0.05, 0) is 24.3 Å². The number of pyridine rings is 2. The van der Waals surface area contributed by atoms with Gasteiger partial charge in [0.15, 0.2) is 0 Å². The molecule has 0 amide bonds. The topological polar surface area (TPSA) is 72.8 Å². The molecule has 3 aromatic heterocycles. The van der Waals surface area contributed by atoms with Gasteiger partial charge in [-0.2, -0.15) is 0 Å². The largest absolute Gasteiger partial charge is 0.497 e. The van der Waals surface area contributed by atoms with Gasteiger partial charge in [0.25, 0.3) is 5.56 Å². The molecule has 22 heavy (non-hydrogen) atoms. The van der Waals surface area contributed by atoms with Gasteiger partial charge in [-0.3, -0.25) is 19.9 Å². The number of hydrogen-bond donors (Lipinski definition) is 1. The van der Waals surface area contributed by atoms with Crippen molar-refractivity contribution in [1.29, 1.82) is 0 Å². The van der Waals surface area contributed by atoms with Crippen molar-refractivity contribution in [1.82, 2.24) is 19.7 Å². The summed E-state index contributed by atoms with van der Waals surface area (Å²) in [5.41, 5.74) is 2.06. The van der Waals surface area contributed by atoms with Crippen LogP contribution in [-0.2, 0) is 0 Å². The van der Waals surface area contributed by atoms with Crippen LogP contribution in [0.15, 0.2) is 53.7 Å². The summed E-state index contributed by atoms with van der Waals surface area (Å²) < 4.78 is 6.68. The molecule has 0 bridgehead atoms. The molecule has 4 aromatic rings. The smallest absolute Gasteiger partial charge is 0.280 e. The van der Waals surface area contributed by atoms with Crippen molar-refractivity contribution >= 4 is 21.8 Å². The van der Waals surface area contributed by atoms with E-state index < -0.39 is 0 Å². The van der Waals surface area contributed by atoms with Gasteiger partial charge in [0.1, 0.15) is 5.75 Å². The fourth-order valence-corrected chi connectivity index (χ4v) is 2.53. The number of rotatable bonds is 2. The number of aromatic amines is 1. The second-order valence-electron chi connectivity index (χ2n) is 4.89. The fourth-order valence-electron chi connectivity index (χ4n) is 2.53. The highest BCUT2D eigenvalue weighted by Gasteiger charge is 2.12. The van der Waals surface area contributed by atoms with Crippen LogP contribution in [0.25, 0.3) is 27.5 Å². The number of H-pyrrole nitrogens is 1. The van der Waals surface area contributed by atoms with Crippen molar-refractivity contribution in [2.45, 2.75) is 0 Å². The van der Waals surface area contributed by atoms with Crippen LogP contribution in [0.5, 0.6) is 5.75 Å². The molecular formula is C16H12N4O2. The molecule has 6 heteroatoms. The first kappa shape index (κ1) is 12.6. The molecule has 0 saturated carbocycles. The van der Waals surface area contributed by atoms with Crippen LogP contribution in [0, 0.1) is 0 Å². The summed E-state index contributed by atoms with van der Waals surface area (Å²) in [5.74, 6) is 0.730. The number of benzene rings is 1. The zero-order valence-corrected chi connectivity index (χ0v) is 11.8. The molecule has 0 aliphatic rings. The lowest BCUT2D eigenvalue weighted by Gasteiger charge is -2.02.